The van der Waals surface area contributed by atoms with E-state index in [2.05, 4.69) is 251 Å². The van der Waals surface area contributed by atoms with Crippen molar-refractivity contribution in [3.05, 3.63) is 237 Å². The van der Waals surface area contributed by atoms with Crippen LogP contribution in [-0.2, 0) is 0 Å². The van der Waals surface area contributed by atoms with E-state index in [-0.39, 0.29) is 0 Å². The van der Waals surface area contributed by atoms with Crippen LogP contribution >= 0.6 is 11.3 Å². The lowest BCUT2D eigenvalue weighted by Gasteiger charge is -2.29. The number of hydrogen-bond donors (Lipinski definition) is 0. The Balaban J connectivity index is 1.02. The summed E-state index contributed by atoms with van der Waals surface area (Å²) in [7, 11) is 0. The molecule has 0 saturated carbocycles. The summed E-state index contributed by atoms with van der Waals surface area (Å²) in [6.45, 7) is 0. The Morgan fingerprint density at radius 3 is 1.63 bits per heavy atom. The molecule has 0 fully saturated rings. The Kier molecular flexibility index (Phi) is 8.68. The Bertz CT molecular complexity index is 3560. The molecule has 4 heteroatoms. The van der Waals surface area contributed by atoms with E-state index in [9.17, 15) is 0 Å². The van der Waals surface area contributed by atoms with Crippen LogP contribution in [0.4, 0.5) is 34.1 Å². The number of para-hydroxylation sites is 3. The molecular weight excluding hydrogens is 771 g/mol. The quantitative estimate of drug-likeness (QED) is 0.151. The molecule has 0 unspecified atom stereocenters. The van der Waals surface area contributed by atoms with Crippen molar-refractivity contribution in [2.45, 2.75) is 0 Å². The third kappa shape index (κ3) is 6.11. The van der Waals surface area contributed by atoms with Crippen LogP contribution in [-0.4, -0.2) is 4.57 Å². The second-order valence-electron chi connectivity index (χ2n) is 15.8. The van der Waals surface area contributed by atoms with E-state index in [1.54, 1.807) is 0 Å². The zero-order valence-electron chi connectivity index (χ0n) is 33.8. The van der Waals surface area contributed by atoms with Crippen molar-refractivity contribution >= 4 is 98.2 Å². The maximum atomic E-state index is 2.40. The van der Waals surface area contributed by atoms with Gasteiger partial charge in [-0.25, -0.2) is 0 Å². The molecular formula is C58H39N3S. The van der Waals surface area contributed by atoms with Gasteiger partial charge in [0.2, 0.25) is 0 Å². The number of nitrogens with zero attached hydrogens (tertiary/aromatic N) is 3. The van der Waals surface area contributed by atoms with Gasteiger partial charge in [0.15, 0.2) is 0 Å². The van der Waals surface area contributed by atoms with E-state index in [1.165, 1.54) is 58.4 Å². The van der Waals surface area contributed by atoms with Gasteiger partial charge in [0.25, 0.3) is 0 Å². The normalized spacial score (nSPS) is 11.5. The minimum absolute atomic E-state index is 1.07. The summed E-state index contributed by atoms with van der Waals surface area (Å²) in [5, 5.41) is 7.52. The van der Waals surface area contributed by atoms with E-state index in [0.717, 1.165) is 45.3 Å². The molecule has 0 atom stereocenters. The zero-order valence-corrected chi connectivity index (χ0v) is 34.6. The number of rotatable bonds is 8. The van der Waals surface area contributed by atoms with Gasteiger partial charge in [-0.05, 0) is 120 Å². The fraction of sp³-hybridized carbons (Fsp3) is 0. The minimum atomic E-state index is 1.07. The largest absolute Gasteiger partial charge is 0.310 e. The number of fused-ring (bicyclic) bond motifs is 7. The maximum absolute atomic E-state index is 2.40. The number of thiophene rings is 1. The van der Waals surface area contributed by atoms with Gasteiger partial charge in [0.1, 0.15) is 0 Å². The summed E-state index contributed by atoms with van der Waals surface area (Å²) in [5.74, 6) is 0. The van der Waals surface area contributed by atoms with Crippen molar-refractivity contribution in [1.29, 1.82) is 0 Å². The first-order chi connectivity index (χ1) is 30.7. The highest BCUT2D eigenvalue weighted by Gasteiger charge is 2.20. The molecule has 0 amide bonds. The molecule has 0 bridgehead atoms. The van der Waals surface area contributed by atoms with Crippen LogP contribution in [0.15, 0.2) is 237 Å². The van der Waals surface area contributed by atoms with Crippen LogP contribution in [0.25, 0.3) is 69.6 Å². The highest BCUT2D eigenvalue weighted by molar-refractivity contribution is 7.25. The highest BCUT2D eigenvalue weighted by atomic mass is 32.1. The highest BCUT2D eigenvalue weighted by Crippen LogP contribution is 2.45. The van der Waals surface area contributed by atoms with Crippen LogP contribution in [0.1, 0.15) is 0 Å². The smallest absolute Gasteiger partial charge is 0.0561 e. The summed E-state index contributed by atoms with van der Waals surface area (Å²) >= 11 is 1.86. The summed E-state index contributed by atoms with van der Waals surface area (Å²) in [6.07, 6.45) is 0. The topological polar surface area (TPSA) is 11.4 Å². The summed E-state index contributed by atoms with van der Waals surface area (Å²) in [4.78, 5) is 4.78. The summed E-state index contributed by atoms with van der Waals surface area (Å²) in [5.41, 5.74) is 12.5. The van der Waals surface area contributed by atoms with Crippen LogP contribution < -0.4 is 9.80 Å². The Morgan fingerprint density at radius 1 is 0.306 bits per heavy atom. The molecule has 2 heterocycles. The van der Waals surface area contributed by atoms with Gasteiger partial charge in [-0.3, -0.25) is 0 Å². The molecule has 3 nitrogen and oxygen atoms in total. The fourth-order valence-corrected chi connectivity index (χ4v) is 10.4. The number of benzene rings is 10. The third-order valence-electron chi connectivity index (χ3n) is 12.1. The monoisotopic (exact) mass is 809 g/mol. The molecule has 0 aliphatic rings. The molecule has 12 rings (SSSR count). The number of hydrogen-bond acceptors (Lipinski definition) is 3. The van der Waals surface area contributed by atoms with Crippen molar-refractivity contribution in [2.75, 3.05) is 9.80 Å². The molecule has 0 N–H and O–H groups in total. The van der Waals surface area contributed by atoms with Gasteiger partial charge in [-0.1, -0.05) is 133 Å². The first-order valence-corrected chi connectivity index (χ1v) is 21.9. The summed E-state index contributed by atoms with van der Waals surface area (Å²) < 4.78 is 5.02. The standard InChI is InChI=1S/C58H39N3S/c1-4-15-40(16-5-1)41-27-29-45(30-28-41)59(48-35-36-50-49-22-10-12-24-54(49)61(56(50)38-48)44-20-8-3-9-21-44)46-31-33-47(34-32-46)60(43-18-6-2-7-19-43)55-25-14-17-42-37-58-53(39-52(42)55)51-23-11-13-26-57(51)62-58/h1-39H. The second kappa shape index (κ2) is 15.0. The Labute approximate surface area is 364 Å². The number of anilines is 6. The van der Waals surface area contributed by atoms with Crippen LogP contribution in [0, 0.1) is 0 Å². The molecule has 2 aromatic heterocycles. The molecule has 0 aliphatic heterocycles. The molecule has 10 aromatic carbocycles. The first kappa shape index (κ1) is 36.0. The maximum Gasteiger partial charge on any atom is 0.0561 e. The molecule has 0 radical (unpaired) electrons. The predicted molar refractivity (Wildman–Crippen MR) is 266 cm³/mol. The lowest BCUT2D eigenvalue weighted by Crippen LogP contribution is -2.12. The van der Waals surface area contributed by atoms with Crippen molar-refractivity contribution in [3.63, 3.8) is 0 Å². The van der Waals surface area contributed by atoms with E-state index in [1.807, 2.05) is 11.3 Å². The van der Waals surface area contributed by atoms with Crippen LogP contribution in [0.2, 0.25) is 0 Å². The fourth-order valence-electron chi connectivity index (χ4n) is 9.26. The van der Waals surface area contributed by atoms with Crippen molar-refractivity contribution in [2.24, 2.45) is 0 Å². The van der Waals surface area contributed by atoms with Crippen molar-refractivity contribution < 1.29 is 0 Å². The molecule has 0 saturated heterocycles. The minimum Gasteiger partial charge on any atom is -0.310 e. The SMILES string of the molecule is c1ccc(-c2ccc(N(c3ccc(N(c4ccccc4)c4cccc5cc6sc7ccccc7c6cc45)cc3)c3ccc4c5ccccc5n(-c5ccccc5)c4c3)cc2)cc1. The molecule has 292 valence electrons. The summed E-state index contributed by atoms with van der Waals surface area (Å²) in [6, 6.07) is 85.9. The van der Waals surface area contributed by atoms with E-state index in [4.69, 9.17) is 0 Å². The van der Waals surface area contributed by atoms with Gasteiger partial charge >= 0.3 is 0 Å². The molecule has 0 spiro atoms. The second-order valence-corrected chi connectivity index (χ2v) is 16.9. The third-order valence-corrected chi connectivity index (χ3v) is 13.3. The van der Waals surface area contributed by atoms with E-state index < -0.39 is 0 Å². The lowest BCUT2D eigenvalue weighted by atomic mass is 10.0. The Hall–Kier alpha value is -7.92. The van der Waals surface area contributed by atoms with Crippen LogP contribution in [0.5, 0.6) is 0 Å². The molecule has 62 heavy (non-hydrogen) atoms. The Morgan fingerprint density at radius 2 is 0.871 bits per heavy atom. The average Bonchev–Trinajstić information content (AvgIpc) is 3.87. The zero-order chi connectivity index (χ0) is 41.0. The van der Waals surface area contributed by atoms with Crippen molar-refractivity contribution in [1.82, 2.24) is 4.57 Å². The number of aromatic nitrogens is 1. The first-order valence-electron chi connectivity index (χ1n) is 21.1. The van der Waals surface area contributed by atoms with Gasteiger partial charge in [-0.2, -0.15) is 0 Å². The van der Waals surface area contributed by atoms with Gasteiger partial charge in [-0.15, -0.1) is 11.3 Å². The van der Waals surface area contributed by atoms with Gasteiger partial charge in [0.05, 0.1) is 16.7 Å². The van der Waals surface area contributed by atoms with Gasteiger partial charge in [0, 0.05) is 70.5 Å². The van der Waals surface area contributed by atoms with Crippen LogP contribution in [0.3, 0.4) is 0 Å². The average molecular weight is 810 g/mol. The lowest BCUT2D eigenvalue weighted by molar-refractivity contribution is 1.18. The molecule has 0 aliphatic carbocycles. The molecule has 12 aromatic rings. The van der Waals surface area contributed by atoms with Crippen molar-refractivity contribution in [3.8, 4) is 16.8 Å². The van der Waals surface area contributed by atoms with E-state index >= 15 is 0 Å². The van der Waals surface area contributed by atoms with Gasteiger partial charge < -0.3 is 14.4 Å². The predicted octanol–water partition coefficient (Wildman–Crippen LogP) is 16.9. The van der Waals surface area contributed by atoms with E-state index in [0.29, 0.717) is 0 Å².